The number of aromatic nitrogens is 2. The Morgan fingerprint density at radius 1 is 1.42 bits per heavy atom. The van der Waals surface area contributed by atoms with Gasteiger partial charge in [-0.2, -0.15) is 0 Å². The number of carbonyl (C=O) groups excluding carboxylic acids is 1. The number of hydrogen-bond donors (Lipinski definition) is 2. The van der Waals surface area contributed by atoms with Gasteiger partial charge in [-0.1, -0.05) is 12.1 Å². The molecule has 0 spiro atoms. The third-order valence-corrected chi connectivity index (χ3v) is 2.85. The first kappa shape index (κ1) is 13.5. The van der Waals surface area contributed by atoms with Crippen LogP contribution in [0.1, 0.15) is 19.7 Å². The van der Waals surface area contributed by atoms with E-state index in [0.29, 0.717) is 13.0 Å². The van der Waals surface area contributed by atoms with E-state index in [1.807, 2.05) is 42.7 Å². The topological polar surface area (TPSA) is 72.9 Å². The van der Waals surface area contributed by atoms with Gasteiger partial charge < -0.3 is 15.6 Å². The molecule has 0 radical (unpaired) electrons. The summed E-state index contributed by atoms with van der Waals surface area (Å²) in [6.07, 6.45) is 0.670. The number of nitrogens with zero attached hydrogens (tertiary/aromatic N) is 2. The van der Waals surface area contributed by atoms with Crippen molar-refractivity contribution in [2.24, 2.45) is 5.73 Å². The molecule has 1 aromatic heterocycles. The second kappa shape index (κ2) is 5.84. The van der Waals surface area contributed by atoms with E-state index in [1.54, 1.807) is 0 Å². The van der Waals surface area contributed by atoms with Crippen LogP contribution in [0.15, 0.2) is 24.3 Å². The molecule has 2 rings (SSSR count). The monoisotopic (exact) mass is 260 g/mol. The molecule has 2 aromatic rings. The van der Waals surface area contributed by atoms with E-state index < -0.39 is 0 Å². The fourth-order valence-corrected chi connectivity index (χ4v) is 2.13. The van der Waals surface area contributed by atoms with Crippen LogP contribution in [0.25, 0.3) is 11.0 Å². The summed E-state index contributed by atoms with van der Waals surface area (Å²) in [5.41, 5.74) is 7.49. The summed E-state index contributed by atoms with van der Waals surface area (Å²) in [5.74, 6) is 0.860. The number of imidazole rings is 1. The highest BCUT2D eigenvalue weighted by Gasteiger charge is 2.13. The zero-order valence-electron chi connectivity index (χ0n) is 11.4. The average molecular weight is 260 g/mol. The molecule has 1 amide bonds. The molecule has 0 fully saturated rings. The van der Waals surface area contributed by atoms with E-state index in [9.17, 15) is 4.79 Å². The summed E-state index contributed by atoms with van der Waals surface area (Å²) in [5, 5.41) is 2.90. The van der Waals surface area contributed by atoms with Gasteiger partial charge in [0, 0.05) is 12.5 Å². The van der Waals surface area contributed by atoms with Crippen molar-refractivity contribution in [3.63, 3.8) is 0 Å². The van der Waals surface area contributed by atoms with Gasteiger partial charge in [0.2, 0.25) is 5.91 Å². The van der Waals surface area contributed by atoms with Crippen LogP contribution in [-0.4, -0.2) is 28.0 Å². The molecule has 0 unspecified atom stereocenters. The summed E-state index contributed by atoms with van der Waals surface area (Å²) >= 11 is 0. The lowest BCUT2D eigenvalue weighted by Crippen LogP contribution is -2.33. The van der Waals surface area contributed by atoms with Crippen molar-refractivity contribution < 1.29 is 4.79 Å². The van der Waals surface area contributed by atoms with Crippen LogP contribution in [0.3, 0.4) is 0 Å². The minimum Gasteiger partial charge on any atom is -0.352 e. The van der Waals surface area contributed by atoms with Crippen LogP contribution in [0.2, 0.25) is 0 Å². The number of benzene rings is 1. The number of nitrogens with two attached hydrogens (primary N) is 1. The highest BCUT2D eigenvalue weighted by molar-refractivity contribution is 5.81. The molecular formula is C14H20N4O. The molecule has 0 aliphatic rings. The van der Waals surface area contributed by atoms with Crippen LogP contribution in [0.5, 0.6) is 0 Å². The Morgan fingerprint density at radius 2 is 2.16 bits per heavy atom. The van der Waals surface area contributed by atoms with Gasteiger partial charge in [0.05, 0.1) is 11.0 Å². The largest absolute Gasteiger partial charge is 0.352 e. The van der Waals surface area contributed by atoms with Crippen LogP contribution in [-0.2, 0) is 17.8 Å². The molecule has 0 aliphatic carbocycles. The maximum atomic E-state index is 11.9. The van der Waals surface area contributed by atoms with Gasteiger partial charge in [-0.15, -0.1) is 0 Å². The van der Waals surface area contributed by atoms with Gasteiger partial charge in [-0.25, -0.2) is 4.98 Å². The van der Waals surface area contributed by atoms with Gasteiger partial charge in [0.25, 0.3) is 0 Å². The Labute approximate surface area is 112 Å². The van der Waals surface area contributed by atoms with Crippen molar-refractivity contribution in [2.75, 3.05) is 6.54 Å². The predicted molar refractivity (Wildman–Crippen MR) is 75.8 cm³/mol. The Balaban J connectivity index is 2.33. The first-order chi connectivity index (χ1) is 9.11. The molecule has 0 bridgehead atoms. The minimum atomic E-state index is -0.00331. The molecule has 102 valence electrons. The van der Waals surface area contributed by atoms with E-state index in [2.05, 4.69) is 10.3 Å². The number of amides is 1. The maximum Gasteiger partial charge on any atom is 0.240 e. The Hall–Kier alpha value is -1.88. The van der Waals surface area contributed by atoms with Crippen LogP contribution in [0, 0.1) is 0 Å². The fourth-order valence-electron chi connectivity index (χ4n) is 2.13. The highest BCUT2D eigenvalue weighted by atomic mass is 16.2. The quantitative estimate of drug-likeness (QED) is 0.844. The SMILES string of the molecule is CC(C)NC(=O)Cn1c(CCN)nc2ccccc21. The van der Waals surface area contributed by atoms with Crippen molar-refractivity contribution in [3.8, 4) is 0 Å². The number of fused-ring (bicyclic) bond motifs is 1. The second-order valence-electron chi connectivity index (χ2n) is 4.86. The summed E-state index contributed by atoms with van der Waals surface area (Å²) in [6, 6.07) is 7.96. The Kier molecular flexibility index (Phi) is 4.16. The lowest BCUT2D eigenvalue weighted by molar-refractivity contribution is -0.122. The normalized spacial score (nSPS) is 11.2. The third-order valence-electron chi connectivity index (χ3n) is 2.85. The van der Waals surface area contributed by atoms with E-state index in [-0.39, 0.29) is 18.5 Å². The van der Waals surface area contributed by atoms with Crippen molar-refractivity contribution in [1.82, 2.24) is 14.9 Å². The molecule has 0 saturated carbocycles. The van der Waals surface area contributed by atoms with Gasteiger partial charge in [-0.05, 0) is 32.5 Å². The summed E-state index contributed by atoms with van der Waals surface area (Å²) in [4.78, 5) is 16.5. The molecule has 19 heavy (non-hydrogen) atoms. The minimum absolute atomic E-state index is 0.00331. The average Bonchev–Trinajstić information content (AvgIpc) is 2.67. The number of hydrogen-bond acceptors (Lipinski definition) is 3. The summed E-state index contributed by atoms with van der Waals surface area (Å²) in [6.45, 7) is 4.71. The van der Waals surface area contributed by atoms with E-state index in [0.717, 1.165) is 16.9 Å². The zero-order valence-corrected chi connectivity index (χ0v) is 11.4. The van der Waals surface area contributed by atoms with Crippen molar-refractivity contribution in [2.45, 2.75) is 32.9 Å². The number of nitrogens with one attached hydrogen (secondary N) is 1. The third kappa shape index (κ3) is 3.12. The Bertz CT molecular complexity index is 574. The highest BCUT2D eigenvalue weighted by Crippen LogP contribution is 2.16. The van der Waals surface area contributed by atoms with Crippen molar-refractivity contribution >= 4 is 16.9 Å². The molecule has 1 aromatic carbocycles. The predicted octanol–water partition coefficient (Wildman–Crippen LogP) is 1.06. The molecule has 5 nitrogen and oxygen atoms in total. The van der Waals surface area contributed by atoms with Gasteiger partial charge in [0.15, 0.2) is 0 Å². The number of rotatable bonds is 5. The summed E-state index contributed by atoms with van der Waals surface area (Å²) in [7, 11) is 0. The van der Waals surface area contributed by atoms with Gasteiger partial charge in [0.1, 0.15) is 12.4 Å². The van der Waals surface area contributed by atoms with Crippen LogP contribution >= 0.6 is 0 Å². The van der Waals surface area contributed by atoms with Gasteiger partial charge in [-0.3, -0.25) is 4.79 Å². The number of para-hydroxylation sites is 2. The van der Waals surface area contributed by atoms with E-state index in [4.69, 9.17) is 5.73 Å². The zero-order chi connectivity index (χ0) is 13.8. The molecule has 1 heterocycles. The van der Waals surface area contributed by atoms with Crippen LogP contribution in [0.4, 0.5) is 0 Å². The molecule has 0 aliphatic heterocycles. The molecule has 0 atom stereocenters. The first-order valence-corrected chi connectivity index (χ1v) is 6.55. The molecule has 5 heteroatoms. The maximum absolute atomic E-state index is 11.9. The number of carbonyl (C=O) groups is 1. The lowest BCUT2D eigenvalue weighted by atomic mass is 10.3. The van der Waals surface area contributed by atoms with Gasteiger partial charge >= 0.3 is 0 Å². The van der Waals surface area contributed by atoms with E-state index in [1.165, 1.54) is 0 Å². The molecule has 0 saturated heterocycles. The van der Waals surface area contributed by atoms with Crippen molar-refractivity contribution in [3.05, 3.63) is 30.1 Å². The van der Waals surface area contributed by atoms with Crippen LogP contribution < -0.4 is 11.1 Å². The lowest BCUT2D eigenvalue weighted by Gasteiger charge is -2.11. The van der Waals surface area contributed by atoms with E-state index >= 15 is 0 Å². The molecule has 3 N–H and O–H groups in total. The first-order valence-electron chi connectivity index (χ1n) is 6.55. The summed E-state index contributed by atoms with van der Waals surface area (Å²) < 4.78 is 1.94. The molecular weight excluding hydrogens is 240 g/mol. The Morgan fingerprint density at radius 3 is 2.84 bits per heavy atom. The smallest absolute Gasteiger partial charge is 0.240 e. The fraction of sp³-hybridized carbons (Fsp3) is 0.429. The van der Waals surface area contributed by atoms with Crippen molar-refractivity contribution in [1.29, 1.82) is 0 Å². The standard InChI is InChI=1S/C14H20N4O/c1-10(2)16-14(19)9-18-12-6-4-3-5-11(12)17-13(18)7-8-15/h3-6,10H,7-9,15H2,1-2H3,(H,16,19). The second-order valence-corrected chi connectivity index (χ2v) is 4.86.